The number of likely N-dealkylation sites (N-methyl/N-ethyl adjacent to an activating group) is 1. The Labute approximate surface area is 247 Å². The zero-order chi connectivity index (χ0) is 31.2. The lowest BCUT2D eigenvalue weighted by atomic mass is 9.96. The maximum atomic E-state index is 13.7. The van der Waals surface area contributed by atoms with Crippen molar-refractivity contribution in [3.05, 3.63) is 77.7 Å². The minimum Gasteiger partial charge on any atom is -0.478 e. The number of ether oxygens (including phenoxy) is 1. The predicted molar refractivity (Wildman–Crippen MR) is 161 cm³/mol. The molecule has 0 aliphatic carbocycles. The number of carboxylic acid groups (broad SMARTS) is 1. The third kappa shape index (κ3) is 7.68. The highest BCUT2D eigenvalue weighted by molar-refractivity contribution is 5.97. The topological polar surface area (TPSA) is 116 Å². The van der Waals surface area contributed by atoms with Crippen LogP contribution in [0.5, 0.6) is 5.75 Å². The van der Waals surface area contributed by atoms with E-state index in [2.05, 4.69) is 24.2 Å². The Balaban J connectivity index is 1.70. The summed E-state index contributed by atoms with van der Waals surface area (Å²) in [7, 11) is 1.63. The first-order valence-corrected chi connectivity index (χ1v) is 14.1. The summed E-state index contributed by atoms with van der Waals surface area (Å²) in [5.74, 6) is -1.75. The molecule has 0 bridgehead atoms. The molecular formula is C33H41N3O6. The van der Waals surface area contributed by atoms with Crippen molar-refractivity contribution < 1.29 is 29.0 Å². The van der Waals surface area contributed by atoms with E-state index in [0.29, 0.717) is 30.0 Å². The second-order valence-corrected chi connectivity index (χ2v) is 11.5. The average Bonchev–Trinajstić information content (AvgIpc) is 3.30. The monoisotopic (exact) mass is 575 g/mol. The van der Waals surface area contributed by atoms with Gasteiger partial charge in [0.25, 0.3) is 0 Å². The number of fused-ring (bicyclic) bond motifs is 1. The number of likely N-dealkylation sites (tertiary alicyclic amines) is 1. The minimum atomic E-state index is -1.32. The molecule has 2 unspecified atom stereocenters. The molecule has 2 aliphatic heterocycles. The highest BCUT2D eigenvalue weighted by atomic mass is 16.5. The molecule has 42 heavy (non-hydrogen) atoms. The number of allylic oxidation sites excluding steroid dienone is 2. The Morgan fingerprint density at radius 2 is 1.93 bits per heavy atom. The number of amides is 3. The van der Waals surface area contributed by atoms with Crippen LogP contribution in [0.1, 0.15) is 58.1 Å². The van der Waals surface area contributed by atoms with Crippen LogP contribution in [0.2, 0.25) is 0 Å². The lowest BCUT2D eigenvalue weighted by Crippen LogP contribution is -2.58. The first kappa shape index (κ1) is 32.2. The standard InChI is InChI=1S/C33H41N3O6/c1-21(2)11-10-12-23(5)35(7)30(38)26-13-8-9-18-36(26)31(39)29(22(3)4)34-28(37)17-15-24-14-16-27-25(19-24)20-33(6,42-27)32(40)41/h11-12,14-17,19,22,26,29H,1,5,8-9,13,18,20H2,2-4,6-7H3,(H,34,37)(H,40,41)/b17-15+/t10?,26-,29?,33?/m0/s1. The van der Waals surface area contributed by atoms with Crippen LogP contribution in [0.15, 0.2) is 66.6 Å². The molecule has 1 fully saturated rings. The molecule has 3 atom stereocenters. The van der Waals surface area contributed by atoms with Crippen molar-refractivity contribution in [3.8, 4) is 5.75 Å². The van der Waals surface area contributed by atoms with E-state index in [4.69, 9.17) is 4.74 Å². The summed E-state index contributed by atoms with van der Waals surface area (Å²) in [4.78, 5) is 54.7. The predicted octanol–water partition coefficient (Wildman–Crippen LogP) is 4.26. The molecule has 0 spiro atoms. The van der Waals surface area contributed by atoms with Crippen molar-refractivity contribution >= 4 is 29.8 Å². The quantitative estimate of drug-likeness (QED) is 0.245. The van der Waals surface area contributed by atoms with Crippen LogP contribution >= 0.6 is 0 Å². The van der Waals surface area contributed by atoms with Crippen LogP contribution in [0.3, 0.4) is 0 Å². The second-order valence-electron chi connectivity index (χ2n) is 11.5. The molecule has 9 heteroatoms. The van der Waals surface area contributed by atoms with Gasteiger partial charge in [-0.3, -0.25) is 14.4 Å². The van der Waals surface area contributed by atoms with Gasteiger partial charge >= 0.3 is 5.97 Å². The fourth-order valence-electron chi connectivity index (χ4n) is 4.96. The summed E-state index contributed by atoms with van der Waals surface area (Å²) >= 11 is 0. The molecule has 9 nitrogen and oxygen atoms in total. The molecule has 224 valence electrons. The molecule has 1 aromatic carbocycles. The summed E-state index contributed by atoms with van der Waals surface area (Å²) in [6.45, 7) is 15.2. The largest absolute Gasteiger partial charge is 0.478 e. The number of carbonyl (C=O) groups excluding carboxylic acids is 3. The molecule has 2 heterocycles. The lowest BCUT2D eigenvalue weighted by molar-refractivity contribution is -0.152. The van der Waals surface area contributed by atoms with Gasteiger partial charge in [-0.15, -0.1) is 5.73 Å². The second kappa shape index (κ2) is 13.5. The van der Waals surface area contributed by atoms with E-state index in [1.807, 2.05) is 20.8 Å². The van der Waals surface area contributed by atoms with Crippen molar-refractivity contribution in [1.82, 2.24) is 15.1 Å². The van der Waals surface area contributed by atoms with Gasteiger partial charge in [0.05, 0.1) is 0 Å². The van der Waals surface area contributed by atoms with Crippen molar-refractivity contribution in [2.45, 2.75) is 71.1 Å². The number of hydrogen-bond donors (Lipinski definition) is 2. The molecule has 2 aliphatic rings. The molecule has 0 aromatic heterocycles. The molecule has 3 amide bonds. The summed E-state index contributed by atoms with van der Waals surface area (Å²) in [5.41, 5.74) is 4.34. The van der Waals surface area contributed by atoms with Crippen LogP contribution in [-0.4, -0.2) is 69.9 Å². The number of carbonyl (C=O) groups is 4. The van der Waals surface area contributed by atoms with E-state index in [9.17, 15) is 24.3 Å². The van der Waals surface area contributed by atoms with Gasteiger partial charge in [0.1, 0.15) is 17.8 Å². The summed E-state index contributed by atoms with van der Waals surface area (Å²) in [6.07, 6.45) is 8.57. The average molecular weight is 576 g/mol. The van der Waals surface area contributed by atoms with Gasteiger partial charge in [-0.2, -0.15) is 0 Å². The van der Waals surface area contributed by atoms with E-state index in [-0.39, 0.29) is 24.2 Å². The van der Waals surface area contributed by atoms with Crippen molar-refractivity contribution in [3.63, 3.8) is 0 Å². The van der Waals surface area contributed by atoms with Gasteiger partial charge in [0.2, 0.25) is 23.3 Å². The number of benzene rings is 1. The maximum Gasteiger partial charge on any atom is 0.348 e. The SMILES string of the molecule is C=C(C)C=C=CC(=C)N(C)C(=O)[C@@H]1CCCCN1C(=O)C(NC(=O)/C=C/c1ccc2c(c1)CC(C)(C(=O)O)O2)C(C)C. The Morgan fingerprint density at radius 3 is 2.57 bits per heavy atom. The Morgan fingerprint density at radius 1 is 1.21 bits per heavy atom. The fourth-order valence-corrected chi connectivity index (χ4v) is 4.96. The first-order chi connectivity index (χ1) is 19.7. The third-order valence-electron chi connectivity index (χ3n) is 7.47. The number of nitrogens with zero attached hydrogens (tertiary/aromatic N) is 2. The molecule has 0 radical (unpaired) electrons. The highest BCUT2D eigenvalue weighted by Crippen LogP contribution is 2.36. The number of nitrogens with one attached hydrogen (secondary N) is 1. The van der Waals surface area contributed by atoms with Crippen molar-refractivity contribution in [2.24, 2.45) is 5.92 Å². The summed E-state index contributed by atoms with van der Waals surface area (Å²) < 4.78 is 5.59. The number of carboxylic acids is 1. The van der Waals surface area contributed by atoms with E-state index in [1.54, 1.807) is 48.4 Å². The molecular weight excluding hydrogens is 534 g/mol. The van der Waals surface area contributed by atoms with Gasteiger partial charge in [-0.1, -0.05) is 38.6 Å². The van der Waals surface area contributed by atoms with Crippen LogP contribution < -0.4 is 10.1 Å². The van der Waals surface area contributed by atoms with E-state index in [1.165, 1.54) is 17.9 Å². The van der Waals surface area contributed by atoms with Gasteiger partial charge in [-0.25, -0.2) is 4.79 Å². The number of rotatable bonds is 10. The van der Waals surface area contributed by atoms with Crippen LogP contribution in [0, 0.1) is 5.92 Å². The van der Waals surface area contributed by atoms with Gasteiger partial charge in [0, 0.05) is 37.9 Å². The first-order valence-electron chi connectivity index (χ1n) is 14.1. The summed E-state index contributed by atoms with van der Waals surface area (Å²) in [6, 6.07) is 3.72. The lowest BCUT2D eigenvalue weighted by Gasteiger charge is -2.39. The number of piperidine rings is 1. The van der Waals surface area contributed by atoms with Crippen molar-refractivity contribution in [2.75, 3.05) is 13.6 Å². The molecule has 3 rings (SSSR count). The van der Waals surface area contributed by atoms with Crippen molar-refractivity contribution in [1.29, 1.82) is 0 Å². The van der Waals surface area contributed by atoms with Gasteiger partial charge in [0.15, 0.2) is 0 Å². The number of hydrogen-bond acceptors (Lipinski definition) is 5. The molecule has 1 aromatic rings. The number of aliphatic carboxylic acids is 1. The zero-order valence-electron chi connectivity index (χ0n) is 25.1. The summed E-state index contributed by atoms with van der Waals surface area (Å²) in [5, 5.41) is 12.3. The minimum absolute atomic E-state index is 0.217. The Hall–Kier alpha value is -4.36. The highest BCUT2D eigenvalue weighted by Gasteiger charge is 2.42. The zero-order valence-corrected chi connectivity index (χ0v) is 25.1. The molecule has 2 N–H and O–H groups in total. The van der Waals surface area contributed by atoms with Gasteiger partial charge in [-0.05, 0) is 74.4 Å². The fraction of sp³-hybridized carbons (Fsp3) is 0.424. The Bertz CT molecular complexity index is 1370. The van der Waals surface area contributed by atoms with E-state index >= 15 is 0 Å². The smallest absolute Gasteiger partial charge is 0.348 e. The third-order valence-corrected chi connectivity index (χ3v) is 7.47. The van der Waals surface area contributed by atoms with Crippen LogP contribution in [0.25, 0.3) is 6.08 Å². The molecule has 0 saturated carbocycles. The van der Waals surface area contributed by atoms with E-state index < -0.39 is 29.6 Å². The van der Waals surface area contributed by atoms with Gasteiger partial charge < -0.3 is 25.0 Å². The Kier molecular flexibility index (Phi) is 10.4. The molecule has 1 saturated heterocycles. The maximum absolute atomic E-state index is 13.7. The van der Waals surface area contributed by atoms with Crippen LogP contribution in [0.4, 0.5) is 0 Å². The van der Waals surface area contributed by atoms with E-state index in [0.717, 1.165) is 24.0 Å². The van der Waals surface area contributed by atoms with Crippen LogP contribution in [-0.2, 0) is 25.6 Å². The normalized spacial score (nSPS) is 20.1.